The second kappa shape index (κ2) is 11.8. The van der Waals surface area contributed by atoms with Gasteiger partial charge in [-0.15, -0.1) is 0 Å². The molecular weight excluding hydrogens is 526 g/mol. The topological polar surface area (TPSA) is 106 Å². The molecule has 4 rings (SSSR count). The van der Waals surface area contributed by atoms with Gasteiger partial charge in [0.05, 0.1) is 47.0 Å². The van der Waals surface area contributed by atoms with E-state index in [9.17, 15) is 8.42 Å². The van der Waals surface area contributed by atoms with Crippen molar-refractivity contribution in [3.8, 4) is 5.75 Å². The number of hydrogen-bond acceptors (Lipinski definition) is 9. The molecular formula is C27H34ClN5O4S. The highest BCUT2D eigenvalue weighted by atomic mass is 35.5. The van der Waals surface area contributed by atoms with Crippen molar-refractivity contribution in [1.29, 1.82) is 0 Å². The number of nitrogens with zero attached hydrogens (tertiary/aromatic N) is 3. The molecule has 0 saturated carbocycles. The number of halogens is 1. The minimum absolute atomic E-state index is 0.0430. The first kappa shape index (κ1) is 27.9. The van der Waals surface area contributed by atoms with E-state index in [2.05, 4.69) is 32.4 Å². The number of benzene rings is 2. The first-order chi connectivity index (χ1) is 18.1. The van der Waals surface area contributed by atoms with Crippen LogP contribution in [0.1, 0.15) is 33.3 Å². The molecule has 0 radical (unpaired) electrons. The minimum Gasteiger partial charge on any atom is -0.489 e. The molecule has 2 heterocycles. The summed E-state index contributed by atoms with van der Waals surface area (Å²) in [7, 11) is -3.53. The van der Waals surface area contributed by atoms with Gasteiger partial charge in [0, 0.05) is 24.8 Å². The molecule has 2 aromatic carbocycles. The smallest absolute Gasteiger partial charge is 0.229 e. The van der Waals surface area contributed by atoms with Crippen molar-refractivity contribution >= 4 is 50.3 Å². The van der Waals surface area contributed by atoms with Crippen molar-refractivity contribution in [3.05, 3.63) is 53.2 Å². The fourth-order valence-corrected chi connectivity index (χ4v) is 5.45. The van der Waals surface area contributed by atoms with Gasteiger partial charge in [-0.2, -0.15) is 4.98 Å². The van der Waals surface area contributed by atoms with E-state index in [4.69, 9.17) is 21.1 Å². The summed E-state index contributed by atoms with van der Waals surface area (Å²) in [6.07, 6.45) is 1.43. The molecule has 0 atom stereocenters. The van der Waals surface area contributed by atoms with Crippen molar-refractivity contribution in [3.63, 3.8) is 0 Å². The first-order valence-corrected chi connectivity index (χ1v) is 14.5. The molecule has 0 bridgehead atoms. The van der Waals surface area contributed by atoms with Crippen LogP contribution in [-0.2, 0) is 14.6 Å². The Kier molecular flexibility index (Phi) is 8.64. The van der Waals surface area contributed by atoms with Gasteiger partial charge >= 0.3 is 0 Å². The molecule has 1 fully saturated rings. The van der Waals surface area contributed by atoms with Gasteiger partial charge < -0.3 is 25.0 Å². The number of hydrogen-bond donors (Lipinski definition) is 2. The lowest BCUT2D eigenvalue weighted by Gasteiger charge is -2.31. The van der Waals surface area contributed by atoms with Crippen molar-refractivity contribution < 1.29 is 17.9 Å². The van der Waals surface area contributed by atoms with Gasteiger partial charge in [0.15, 0.2) is 15.7 Å². The minimum atomic E-state index is -3.53. The zero-order valence-corrected chi connectivity index (χ0v) is 23.9. The van der Waals surface area contributed by atoms with Crippen molar-refractivity contribution in [2.45, 2.75) is 50.9 Å². The van der Waals surface area contributed by atoms with Crippen LogP contribution in [0.4, 0.5) is 28.8 Å². The number of sulfone groups is 1. The maximum atomic E-state index is 12.9. The summed E-state index contributed by atoms with van der Waals surface area (Å²) in [6.45, 7) is 12.3. The largest absolute Gasteiger partial charge is 0.489 e. The quantitative estimate of drug-likeness (QED) is 0.340. The lowest BCUT2D eigenvalue weighted by Crippen LogP contribution is -2.36. The molecule has 0 amide bonds. The van der Waals surface area contributed by atoms with E-state index < -0.39 is 15.1 Å². The van der Waals surface area contributed by atoms with E-state index in [1.54, 1.807) is 38.1 Å². The van der Waals surface area contributed by atoms with Crippen LogP contribution in [0, 0.1) is 6.92 Å². The van der Waals surface area contributed by atoms with Gasteiger partial charge in [0.2, 0.25) is 5.95 Å². The Morgan fingerprint density at radius 1 is 1.05 bits per heavy atom. The molecule has 1 aromatic heterocycles. The number of rotatable bonds is 9. The van der Waals surface area contributed by atoms with Crippen LogP contribution < -0.4 is 20.3 Å². The molecule has 2 N–H and O–H groups in total. The lowest BCUT2D eigenvalue weighted by atomic mass is 10.1. The molecule has 0 aliphatic carbocycles. The van der Waals surface area contributed by atoms with Crippen LogP contribution in [-0.4, -0.2) is 56.0 Å². The summed E-state index contributed by atoms with van der Waals surface area (Å²) in [5.41, 5.74) is 3.27. The Labute approximate surface area is 229 Å². The number of aryl methyl sites for hydroxylation is 1. The normalized spacial score (nSPS) is 14.2. The van der Waals surface area contributed by atoms with E-state index in [0.717, 1.165) is 24.3 Å². The number of aromatic nitrogens is 2. The molecule has 11 heteroatoms. The van der Waals surface area contributed by atoms with Gasteiger partial charge in [-0.05, 0) is 58.4 Å². The molecule has 1 saturated heterocycles. The lowest BCUT2D eigenvalue weighted by molar-refractivity contribution is 0.122. The number of ether oxygens (including phenoxy) is 2. The summed E-state index contributed by atoms with van der Waals surface area (Å²) in [5, 5.41) is 6.02. The fraction of sp³-hybridized carbons (Fsp3) is 0.407. The Hall–Kier alpha value is -3.08. The Bertz CT molecular complexity index is 1390. The monoisotopic (exact) mass is 559 g/mol. The van der Waals surface area contributed by atoms with Gasteiger partial charge in [-0.25, -0.2) is 13.4 Å². The van der Waals surface area contributed by atoms with Crippen LogP contribution >= 0.6 is 11.6 Å². The highest BCUT2D eigenvalue weighted by molar-refractivity contribution is 7.92. The molecule has 3 aromatic rings. The van der Waals surface area contributed by atoms with E-state index in [-0.39, 0.29) is 27.8 Å². The van der Waals surface area contributed by atoms with Crippen molar-refractivity contribution in [2.24, 2.45) is 0 Å². The Morgan fingerprint density at radius 3 is 2.45 bits per heavy atom. The standard InChI is InChI=1S/C27H34ClN5O4S/c1-17(2)37-24-15-23(33-10-12-36-13-11-33)19(5)14-22(24)31-27-29-16-20(28)26(32-27)30-21-8-6-7-9-25(21)38(34,35)18(3)4/h6-9,14-18H,10-13H2,1-5H3,(H2,29,30,31,32). The second-order valence-corrected chi connectivity index (χ2v) is 12.5. The van der Waals surface area contributed by atoms with E-state index in [1.807, 2.05) is 26.0 Å². The summed E-state index contributed by atoms with van der Waals surface area (Å²) < 4.78 is 37.4. The van der Waals surface area contributed by atoms with E-state index in [1.165, 1.54) is 6.20 Å². The van der Waals surface area contributed by atoms with E-state index >= 15 is 0 Å². The van der Waals surface area contributed by atoms with E-state index in [0.29, 0.717) is 30.3 Å². The first-order valence-electron chi connectivity index (χ1n) is 12.6. The summed E-state index contributed by atoms with van der Waals surface area (Å²) >= 11 is 6.41. The van der Waals surface area contributed by atoms with Crippen LogP contribution in [0.25, 0.3) is 0 Å². The number of morpholine rings is 1. The Balaban J connectivity index is 1.66. The van der Waals surface area contributed by atoms with Gasteiger partial charge in [-0.1, -0.05) is 23.7 Å². The average molecular weight is 560 g/mol. The third-order valence-corrected chi connectivity index (χ3v) is 8.56. The summed E-state index contributed by atoms with van der Waals surface area (Å²) in [5.74, 6) is 1.24. The SMILES string of the molecule is Cc1cc(Nc2ncc(Cl)c(Nc3ccccc3S(=O)(=O)C(C)C)n2)c(OC(C)C)cc1N1CCOCC1. The van der Waals surface area contributed by atoms with Gasteiger partial charge in [0.1, 0.15) is 10.8 Å². The van der Waals surface area contributed by atoms with Gasteiger partial charge in [-0.3, -0.25) is 0 Å². The van der Waals surface area contributed by atoms with Crippen molar-refractivity contribution in [2.75, 3.05) is 41.8 Å². The second-order valence-electron chi connectivity index (χ2n) is 9.63. The predicted molar refractivity (Wildman–Crippen MR) is 152 cm³/mol. The molecule has 0 spiro atoms. The van der Waals surface area contributed by atoms with Crippen molar-refractivity contribution in [1.82, 2.24) is 9.97 Å². The molecule has 38 heavy (non-hydrogen) atoms. The molecule has 204 valence electrons. The predicted octanol–water partition coefficient (Wildman–Crippen LogP) is 5.73. The average Bonchev–Trinajstić information content (AvgIpc) is 2.88. The maximum absolute atomic E-state index is 12.9. The number of nitrogens with one attached hydrogen (secondary N) is 2. The highest BCUT2D eigenvalue weighted by Gasteiger charge is 2.23. The third kappa shape index (κ3) is 6.31. The highest BCUT2D eigenvalue weighted by Crippen LogP contribution is 2.36. The van der Waals surface area contributed by atoms with Crippen LogP contribution in [0.5, 0.6) is 5.75 Å². The fourth-order valence-electron chi connectivity index (χ4n) is 4.11. The number of para-hydroxylation sites is 1. The maximum Gasteiger partial charge on any atom is 0.229 e. The van der Waals surface area contributed by atoms with Crippen LogP contribution in [0.15, 0.2) is 47.5 Å². The third-order valence-electron chi connectivity index (χ3n) is 6.07. The molecule has 1 aliphatic heterocycles. The van der Waals surface area contributed by atoms with Crippen LogP contribution in [0.2, 0.25) is 5.02 Å². The Morgan fingerprint density at radius 2 is 1.76 bits per heavy atom. The summed E-state index contributed by atoms with van der Waals surface area (Å²) in [6, 6.07) is 10.7. The molecule has 1 aliphatic rings. The van der Waals surface area contributed by atoms with Crippen LogP contribution in [0.3, 0.4) is 0 Å². The zero-order valence-electron chi connectivity index (χ0n) is 22.3. The number of anilines is 5. The summed E-state index contributed by atoms with van der Waals surface area (Å²) in [4.78, 5) is 11.4. The molecule has 9 nitrogen and oxygen atoms in total. The zero-order chi connectivity index (χ0) is 27.4. The molecule has 0 unspecified atom stereocenters. The van der Waals surface area contributed by atoms with Gasteiger partial charge in [0.25, 0.3) is 0 Å².